The second kappa shape index (κ2) is 6.55. The van der Waals surface area contributed by atoms with E-state index in [4.69, 9.17) is 4.74 Å². The number of rotatable bonds is 3. The second-order valence-corrected chi connectivity index (χ2v) is 6.92. The molecule has 1 amide bonds. The summed E-state index contributed by atoms with van der Waals surface area (Å²) in [6, 6.07) is 9.98. The Morgan fingerprint density at radius 1 is 1.28 bits per heavy atom. The van der Waals surface area contributed by atoms with Crippen molar-refractivity contribution in [1.29, 1.82) is 0 Å². The Kier molecular flexibility index (Phi) is 4.44. The van der Waals surface area contributed by atoms with Gasteiger partial charge in [-0.3, -0.25) is 0 Å². The van der Waals surface area contributed by atoms with Crippen LogP contribution in [-0.4, -0.2) is 26.3 Å². The number of hydrogen-bond acceptors (Lipinski definition) is 4. The van der Waals surface area contributed by atoms with Crippen LogP contribution in [0.4, 0.5) is 4.79 Å². The summed E-state index contributed by atoms with van der Waals surface area (Å²) in [6.45, 7) is 7.87. The molecule has 1 N–H and O–H groups in total. The largest absolute Gasteiger partial charge is 0.444 e. The standard InChI is InChI=1S/C19H22N4O2/c1-13-7-5-6-8-15(13)17-14(11-16-20-9-10-23(16)22-17)12-21-18(24)25-19(2,3)4/h5-11H,12H2,1-4H3,(H,21,24). The van der Waals surface area contributed by atoms with Crippen molar-refractivity contribution >= 4 is 11.7 Å². The maximum absolute atomic E-state index is 12.0. The molecule has 1 aromatic carbocycles. The highest BCUT2D eigenvalue weighted by molar-refractivity contribution is 5.71. The smallest absolute Gasteiger partial charge is 0.407 e. The number of imidazole rings is 1. The van der Waals surface area contributed by atoms with Crippen LogP contribution in [0.25, 0.3) is 16.9 Å². The molecule has 25 heavy (non-hydrogen) atoms. The number of carbonyl (C=O) groups excluding carboxylic acids is 1. The molecule has 0 radical (unpaired) electrons. The van der Waals surface area contributed by atoms with E-state index in [1.807, 2.05) is 64.2 Å². The van der Waals surface area contributed by atoms with Gasteiger partial charge in [-0.25, -0.2) is 14.3 Å². The van der Waals surface area contributed by atoms with E-state index in [0.717, 1.165) is 28.0 Å². The minimum atomic E-state index is -0.534. The minimum Gasteiger partial charge on any atom is -0.444 e. The lowest BCUT2D eigenvalue weighted by molar-refractivity contribution is 0.0523. The van der Waals surface area contributed by atoms with Crippen molar-refractivity contribution < 1.29 is 9.53 Å². The van der Waals surface area contributed by atoms with Crippen LogP contribution in [0.1, 0.15) is 31.9 Å². The van der Waals surface area contributed by atoms with Crippen LogP contribution in [0.15, 0.2) is 42.7 Å². The van der Waals surface area contributed by atoms with Crippen molar-refractivity contribution in [2.24, 2.45) is 0 Å². The maximum atomic E-state index is 12.0. The number of amides is 1. The summed E-state index contributed by atoms with van der Waals surface area (Å²) in [7, 11) is 0. The van der Waals surface area contributed by atoms with Crippen LogP contribution in [0.5, 0.6) is 0 Å². The maximum Gasteiger partial charge on any atom is 0.407 e. The van der Waals surface area contributed by atoms with Gasteiger partial charge in [0, 0.05) is 30.1 Å². The molecule has 0 bridgehead atoms. The Balaban J connectivity index is 1.94. The van der Waals surface area contributed by atoms with Gasteiger partial charge in [-0.05, 0) is 39.3 Å². The molecule has 3 rings (SSSR count). The first-order valence-electron chi connectivity index (χ1n) is 8.19. The second-order valence-electron chi connectivity index (χ2n) is 6.92. The Bertz CT molecular complexity index is 909. The number of aromatic nitrogens is 3. The van der Waals surface area contributed by atoms with E-state index in [9.17, 15) is 4.79 Å². The Morgan fingerprint density at radius 3 is 2.76 bits per heavy atom. The third-order valence-electron chi connectivity index (χ3n) is 3.69. The van der Waals surface area contributed by atoms with Gasteiger partial charge in [0.1, 0.15) is 5.60 Å². The average molecular weight is 338 g/mol. The molecule has 0 atom stereocenters. The summed E-state index contributed by atoms with van der Waals surface area (Å²) >= 11 is 0. The fourth-order valence-electron chi connectivity index (χ4n) is 2.57. The molecular formula is C19H22N4O2. The van der Waals surface area contributed by atoms with E-state index in [-0.39, 0.29) is 0 Å². The number of benzene rings is 1. The topological polar surface area (TPSA) is 68.5 Å². The van der Waals surface area contributed by atoms with Crippen molar-refractivity contribution in [2.45, 2.75) is 39.8 Å². The molecular weight excluding hydrogens is 316 g/mol. The number of nitrogens with zero attached hydrogens (tertiary/aromatic N) is 3. The molecule has 6 heteroatoms. The van der Waals surface area contributed by atoms with E-state index in [1.54, 1.807) is 10.7 Å². The normalized spacial score (nSPS) is 11.5. The zero-order chi connectivity index (χ0) is 18.0. The molecule has 0 aliphatic heterocycles. The van der Waals surface area contributed by atoms with Crippen molar-refractivity contribution in [3.05, 3.63) is 53.9 Å². The molecule has 2 heterocycles. The number of ether oxygens (including phenoxy) is 1. The Morgan fingerprint density at radius 2 is 2.04 bits per heavy atom. The molecule has 0 unspecified atom stereocenters. The molecule has 0 aliphatic carbocycles. The van der Waals surface area contributed by atoms with Gasteiger partial charge in [-0.1, -0.05) is 24.3 Å². The monoisotopic (exact) mass is 338 g/mol. The highest BCUT2D eigenvalue weighted by atomic mass is 16.6. The predicted octanol–water partition coefficient (Wildman–Crippen LogP) is 3.73. The highest BCUT2D eigenvalue weighted by Crippen LogP contribution is 2.25. The van der Waals surface area contributed by atoms with Gasteiger partial charge in [0.05, 0.1) is 5.69 Å². The van der Waals surface area contributed by atoms with Gasteiger partial charge in [-0.2, -0.15) is 5.10 Å². The number of alkyl carbamates (subject to hydrolysis) is 1. The molecule has 3 aromatic rings. The van der Waals surface area contributed by atoms with Gasteiger partial charge < -0.3 is 10.1 Å². The molecule has 6 nitrogen and oxygen atoms in total. The predicted molar refractivity (Wildman–Crippen MR) is 96.2 cm³/mol. The number of fused-ring (bicyclic) bond motifs is 1. The van der Waals surface area contributed by atoms with Gasteiger partial charge in [0.15, 0.2) is 5.65 Å². The van der Waals surface area contributed by atoms with Crippen molar-refractivity contribution in [3.63, 3.8) is 0 Å². The summed E-state index contributed by atoms with van der Waals surface area (Å²) in [6.07, 6.45) is 3.06. The van der Waals surface area contributed by atoms with Crippen LogP contribution in [0, 0.1) is 6.92 Å². The average Bonchev–Trinajstić information content (AvgIpc) is 2.98. The lowest BCUT2D eigenvalue weighted by Crippen LogP contribution is -2.32. The quantitative estimate of drug-likeness (QED) is 0.790. The summed E-state index contributed by atoms with van der Waals surface area (Å²) in [4.78, 5) is 16.3. The molecule has 0 aliphatic rings. The summed E-state index contributed by atoms with van der Waals surface area (Å²) in [5, 5.41) is 7.48. The van der Waals surface area contributed by atoms with Crippen LogP contribution in [0.2, 0.25) is 0 Å². The SMILES string of the molecule is Cc1ccccc1-c1nn2ccnc2cc1CNC(=O)OC(C)(C)C. The molecule has 0 saturated carbocycles. The third kappa shape index (κ3) is 3.96. The number of carbonyl (C=O) groups is 1. The van der Waals surface area contributed by atoms with Crippen molar-refractivity contribution in [2.75, 3.05) is 0 Å². The number of aryl methyl sites for hydroxylation is 1. The van der Waals surface area contributed by atoms with Crippen LogP contribution in [-0.2, 0) is 11.3 Å². The third-order valence-corrected chi connectivity index (χ3v) is 3.69. The first kappa shape index (κ1) is 17.0. The van der Waals surface area contributed by atoms with Crippen molar-refractivity contribution in [1.82, 2.24) is 19.9 Å². The minimum absolute atomic E-state index is 0.314. The van der Waals surface area contributed by atoms with Crippen LogP contribution < -0.4 is 5.32 Å². The fourth-order valence-corrected chi connectivity index (χ4v) is 2.57. The molecule has 0 fully saturated rings. The molecule has 0 saturated heterocycles. The fraction of sp³-hybridized carbons (Fsp3) is 0.316. The molecule has 2 aromatic heterocycles. The zero-order valence-corrected chi connectivity index (χ0v) is 14.9. The lowest BCUT2D eigenvalue weighted by atomic mass is 10.0. The van der Waals surface area contributed by atoms with E-state index in [2.05, 4.69) is 15.4 Å². The van der Waals surface area contributed by atoms with Gasteiger partial charge in [-0.15, -0.1) is 0 Å². The van der Waals surface area contributed by atoms with E-state index < -0.39 is 11.7 Å². The van der Waals surface area contributed by atoms with E-state index >= 15 is 0 Å². The van der Waals surface area contributed by atoms with Crippen LogP contribution >= 0.6 is 0 Å². The van der Waals surface area contributed by atoms with E-state index in [1.165, 1.54) is 0 Å². The van der Waals surface area contributed by atoms with Crippen LogP contribution in [0.3, 0.4) is 0 Å². The first-order chi connectivity index (χ1) is 11.8. The lowest BCUT2D eigenvalue weighted by Gasteiger charge is -2.20. The van der Waals surface area contributed by atoms with Crippen molar-refractivity contribution in [3.8, 4) is 11.3 Å². The molecule has 0 spiro atoms. The molecule has 130 valence electrons. The Hall–Kier alpha value is -2.89. The summed E-state index contributed by atoms with van der Waals surface area (Å²) < 4.78 is 7.04. The summed E-state index contributed by atoms with van der Waals surface area (Å²) in [5.74, 6) is 0. The number of hydrogen-bond donors (Lipinski definition) is 1. The zero-order valence-electron chi connectivity index (χ0n) is 14.9. The number of nitrogens with one attached hydrogen (secondary N) is 1. The van der Waals surface area contributed by atoms with Gasteiger partial charge in [0.2, 0.25) is 0 Å². The van der Waals surface area contributed by atoms with Gasteiger partial charge in [0.25, 0.3) is 0 Å². The first-order valence-corrected chi connectivity index (χ1v) is 8.19. The highest BCUT2D eigenvalue weighted by Gasteiger charge is 2.17. The van der Waals surface area contributed by atoms with Gasteiger partial charge >= 0.3 is 6.09 Å². The Labute approximate surface area is 146 Å². The van der Waals surface area contributed by atoms with E-state index in [0.29, 0.717) is 6.54 Å². The summed E-state index contributed by atoms with van der Waals surface area (Å²) in [5.41, 5.74) is 4.05.